The first-order valence-electron chi connectivity index (χ1n) is 6.78. The maximum Gasteiger partial charge on any atom is 0.309 e. The average Bonchev–Trinajstić information content (AvgIpc) is 2.91. The summed E-state index contributed by atoms with van der Waals surface area (Å²) < 4.78 is 4.72. The summed E-state index contributed by atoms with van der Waals surface area (Å²) in [6.45, 7) is 3.83. The zero-order valence-electron chi connectivity index (χ0n) is 11.3. The molecule has 6 unspecified atom stereocenters. The molecule has 0 aromatic carbocycles. The smallest absolute Gasteiger partial charge is 0.309 e. The van der Waals surface area contributed by atoms with Gasteiger partial charge < -0.3 is 9.84 Å². The Hall–Kier alpha value is -1.06. The highest BCUT2D eigenvalue weighted by Gasteiger charge is 2.52. The van der Waals surface area contributed by atoms with E-state index in [9.17, 15) is 14.7 Å². The van der Waals surface area contributed by atoms with Gasteiger partial charge in [0.05, 0.1) is 18.9 Å². The number of aliphatic carboxylic acids is 1. The van der Waals surface area contributed by atoms with Gasteiger partial charge in [0, 0.05) is 0 Å². The molecule has 2 bridgehead atoms. The van der Waals surface area contributed by atoms with E-state index in [4.69, 9.17) is 4.74 Å². The molecule has 2 saturated carbocycles. The van der Waals surface area contributed by atoms with Crippen LogP contribution in [0.25, 0.3) is 0 Å². The maximum absolute atomic E-state index is 11.6. The van der Waals surface area contributed by atoms with Crippen LogP contribution in [0.1, 0.15) is 33.1 Å². The number of carboxylic acid groups (broad SMARTS) is 1. The Morgan fingerprint density at radius 1 is 1.28 bits per heavy atom. The highest BCUT2D eigenvalue weighted by atomic mass is 16.5. The van der Waals surface area contributed by atoms with Gasteiger partial charge in [-0.1, -0.05) is 13.8 Å². The monoisotopic (exact) mass is 254 g/mol. The molecule has 4 heteroatoms. The largest absolute Gasteiger partial charge is 0.481 e. The number of carbonyl (C=O) groups excluding carboxylic acids is 1. The molecule has 4 nitrogen and oxygen atoms in total. The summed E-state index contributed by atoms with van der Waals surface area (Å²) >= 11 is 0. The SMILES string of the molecule is COC(=O)C(C)C(C(=O)O)C1C2CCC(C2)C1C. The standard InChI is InChI=1S/C14H22O4/c1-7-9-4-5-10(6-9)11(7)12(13(15)16)8(2)14(17)18-3/h7-12H,4-6H2,1-3H3,(H,15,16). The number of hydrogen-bond acceptors (Lipinski definition) is 3. The lowest BCUT2D eigenvalue weighted by Crippen LogP contribution is -2.39. The van der Waals surface area contributed by atoms with E-state index in [1.54, 1.807) is 6.92 Å². The van der Waals surface area contributed by atoms with Gasteiger partial charge in [0.1, 0.15) is 0 Å². The fourth-order valence-electron chi connectivity index (χ4n) is 4.29. The van der Waals surface area contributed by atoms with Gasteiger partial charge in [0.2, 0.25) is 0 Å². The van der Waals surface area contributed by atoms with Crippen LogP contribution in [0.3, 0.4) is 0 Å². The molecule has 0 aromatic rings. The Morgan fingerprint density at radius 2 is 1.89 bits per heavy atom. The number of methoxy groups -OCH3 is 1. The second-order valence-electron chi connectivity index (χ2n) is 5.95. The van der Waals surface area contributed by atoms with E-state index in [0.717, 1.165) is 12.8 Å². The van der Waals surface area contributed by atoms with Crippen molar-refractivity contribution < 1.29 is 19.4 Å². The van der Waals surface area contributed by atoms with Crippen LogP contribution in [0.2, 0.25) is 0 Å². The molecule has 0 radical (unpaired) electrons. The van der Waals surface area contributed by atoms with Crippen molar-refractivity contribution in [3.05, 3.63) is 0 Å². The number of hydrogen-bond donors (Lipinski definition) is 1. The second kappa shape index (κ2) is 4.90. The zero-order chi connectivity index (χ0) is 13.4. The third kappa shape index (κ3) is 2.02. The molecule has 0 aliphatic heterocycles. The highest BCUT2D eigenvalue weighted by molar-refractivity contribution is 5.81. The molecule has 2 aliphatic rings. The van der Waals surface area contributed by atoms with Crippen LogP contribution in [-0.4, -0.2) is 24.2 Å². The molecular weight excluding hydrogens is 232 g/mol. The van der Waals surface area contributed by atoms with E-state index in [1.165, 1.54) is 13.5 Å². The lowest BCUT2D eigenvalue weighted by Gasteiger charge is -2.35. The number of carboxylic acids is 1. The molecule has 2 aliphatic carbocycles. The molecule has 2 rings (SSSR count). The summed E-state index contributed by atoms with van der Waals surface area (Å²) in [5.74, 6) is -0.714. The number of carbonyl (C=O) groups is 2. The van der Waals surface area contributed by atoms with Crippen molar-refractivity contribution in [3.8, 4) is 0 Å². The molecule has 6 atom stereocenters. The lowest BCUT2D eigenvalue weighted by atomic mass is 9.69. The van der Waals surface area contributed by atoms with Crippen LogP contribution >= 0.6 is 0 Å². The van der Waals surface area contributed by atoms with Crippen LogP contribution in [0, 0.1) is 35.5 Å². The first-order chi connectivity index (χ1) is 8.47. The summed E-state index contributed by atoms with van der Waals surface area (Å²) in [5, 5.41) is 9.49. The predicted molar refractivity (Wildman–Crippen MR) is 65.8 cm³/mol. The van der Waals surface area contributed by atoms with E-state index >= 15 is 0 Å². The fourth-order valence-corrected chi connectivity index (χ4v) is 4.29. The Kier molecular flexibility index (Phi) is 3.64. The molecule has 0 amide bonds. The summed E-state index contributed by atoms with van der Waals surface area (Å²) in [5.41, 5.74) is 0. The number of ether oxygens (including phenoxy) is 1. The topological polar surface area (TPSA) is 63.6 Å². The van der Waals surface area contributed by atoms with Crippen molar-refractivity contribution in [1.82, 2.24) is 0 Å². The van der Waals surface area contributed by atoms with Gasteiger partial charge in [-0.3, -0.25) is 9.59 Å². The molecular formula is C14H22O4. The van der Waals surface area contributed by atoms with Gasteiger partial charge in [-0.25, -0.2) is 0 Å². The third-order valence-corrected chi connectivity index (χ3v) is 5.22. The number of esters is 1. The van der Waals surface area contributed by atoms with E-state index in [1.807, 2.05) is 0 Å². The van der Waals surface area contributed by atoms with Crippen LogP contribution in [0.4, 0.5) is 0 Å². The van der Waals surface area contributed by atoms with Gasteiger partial charge in [-0.2, -0.15) is 0 Å². The minimum absolute atomic E-state index is 0.135. The van der Waals surface area contributed by atoms with Gasteiger partial charge in [-0.05, 0) is 42.9 Å². The quantitative estimate of drug-likeness (QED) is 0.781. The number of fused-ring (bicyclic) bond motifs is 2. The predicted octanol–water partition coefficient (Wildman–Crippen LogP) is 2.18. The molecule has 102 valence electrons. The van der Waals surface area contributed by atoms with Crippen molar-refractivity contribution in [2.24, 2.45) is 35.5 Å². The number of rotatable bonds is 4. The highest BCUT2D eigenvalue weighted by Crippen LogP contribution is 2.55. The second-order valence-corrected chi connectivity index (χ2v) is 5.95. The minimum Gasteiger partial charge on any atom is -0.481 e. The minimum atomic E-state index is -0.850. The van der Waals surface area contributed by atoms with E-state index in [2.05, 4.69) is 6.92 Å². The van der Waals surface area contributed by atoms with Crippen molar-refractivity contribution in [2.75, 3.05) is 7.11 Å². The molecule has 18 heavy (non-hydrogen) atoms. The van der Waals surface area contributed by atoms with Crippen LogP contribution in [0.5, 0.6) is 0 Å². The Bertz CT molecular complexity index is 350. The molecule has 1 N–H and O–H groups in total. The van der Waals surface area contributed by atoms with Gasteiger partial charge >= 0.3 is 11.9 Å². The van der Waals surface area contributed by atoms with E-state index in [0.29, 0.717) is 17.8 Å². The van der Waals surface area contributed by atoms with E-state index < -0.39 is 23.8 Å². The summed E-state index contributed by atoms with van der Waals surface area (Å²) in [7, 11) is 1.32. The Labute approximate surface area is 108 Å². The molecule has 0 spiro atoms. The van der Waals surface area contributed by atoms with Crippen molar-refractivity contribution in [1.29, 1.82) is 0 Å². The summed E-state index contributed by atoms with van der Waals surface area (Å²) in [6, 6.07) is 0. The van der Waals surface area contributed by atoms with Crippen LogP contribution in [0.15, 0.2) is 0 Å². The van der Waals surface area contributed by atoms with Gasteiger partial charge in [0.15, 0.2) is 0 Å². The lowest BCUT2D eigenvalue weighted by molar-refractivity contribution is -0.159. The van der Waals surface area contributed by atoms with E-state index in [-0.39, 0.29) is 5.92 Å². The summed E-state index contributed by atoms with van der Waals surface area (Å²) in [4.78, 5) is 23.2. The third-order valence-electron chi connectivity index (χ3n) is 5.22. The summed E-state index contributed by atoms with van der Waals surface area (Å²) in [6.07, 6.45) is 3.49. The molecule has 0 aromatic heterocycles. The maximum atomic E-state index is 11.6. The molecule has 2 fully saturated rings. The average molecular weight is 254 g/mol. The van der Waals surface area contributed by atoms with Crippen molar-refractivity contribution in [3.63, 3.8) is 0 Å². The van der Waals surface area contributed by atoms with Gasteiger partial charge in [-0.15, -0.1) is 0 Å². The van der Waals surface area contributed by atoms with Crippen molar-refractivity contribution in [2.45, 2.75) is 33.1 Å². The molecule has 0 saturated heterocycles. The Balaban J connectivity index is 2.21. The fraction of sp³-hybridized carbons (Fsp3) is 0.857. The first kappa shape index (κ1) is 13.4. The zero-order valence-corrected chi connectivity index (χ0v) is 11.3. The molecule has 0 heterocycles. The normalized spacial score (nSPS) is 37.3. The van der Waals surface area contributed by atoms with Crippen molar-refractivity contribution >= 4 is 11.9 Å². The van der Waals surface area contributed by atoms with Crippen LogP contribution in [-0.2, 0) is 14.3 Å². The van der Waals surface area contributed by atoms with Crippen LogP contribution < -0.4 is 0 Å². The Morgan fingerprint density at radius 3 is 2.33 bits per heavy atom. The first-order valence-corrected chi connectivity index (χ1v) is 6.78. The van der Waals surface area contributed by atoms with Gasteiger partial charge in [0.25, 0.3) is 0 Å².